The van der Waals surface area contributed by atoms with Crippen molar-refractivity contribution in [2.75, 3.05) is 45.2 Å². The Labute approximate surface area is 210 Å². The van der Waals surface area contributed by atoms with Crippen LogP contribution in [-0.4, -0.2) is 68.8 Å². The van der Waals surface area contributed by atoms with E-state index in [2.05, 4.69) is 23.7 Å². The molecule has 1 amide bonds. The number of halogens is 2. The van der Waals surface area contributed by atoms with Crippen molar-refractivity contribution in [3.05, 3.63) is 53.1 Å². The zero-order chi connectivity index (χ0) is 23.5. The number of anilines is 1. The number of carbonyl (C=O) groups excluding carboxylic acids is 1. The molecule has 0 N–H and O–H groups in total. The lowest BCUT2D eigenvalue weighted by molar-refractivity contribution is 0.0983. The second kappa shape index (κ2) is 11.6. The summed E-state index contributed by atoms with van der Waals surface area (Å²) in [6.45, 7) is 7.09. The molecule has 3 rings (SSSR count). The van der Waals surface area contributed by atoms with Gasteiger partial charge in [-0.1, -0.05) is 36.8 Å². The van der Waals surface area contributed by atoms with E-state index in [9.17, 15) is 13.2 Å². The lowest BCUT2D eigenvalue weighted by Crippen LogP contribution is -2.38. The number of sulfonamides is 1. The molecule has 0 saturated heterocycles. The summed E-state index contributed by atoms with van der Waals surface area (Å²) < 4.78 is 26.7. The maximum Gasteiger partial charge on any atom is 0.260 e. The Hall–Kier alpha value is -1.75. The topological polar surface area (TPSA) is 73.8 Å². The van der Waals surface area contributed by atoms with Crippen molar-refractivity contribution < 1.29 is 13.2 Å². The van der Waals surface area contributed by atoms with Gasteiger partial charge in [0, 0.05) is 37.8 Å². The highest BCUT2D eigenvalue weighted by Crippen LogP contribution is 2.31. The van der Waals surface area contributed by atoms with Crippen LogP contribution in [0.3, 0.4) is 0 Å². The minimum atomic E-state index is -3.56. The predicted molar refractivity (Wildman–Crippen MR) is 139 cm³/mol. The van der Waals surface area contributed by atoms with E-state index < -0.39 is 10.0 Å². The Kier molecular flexibility index (Phi) is 9.66. The molecule has 180 valence electrons. The quantitative estimate of drug-likeness (QED) is 0.403. The van der Waals surface area contributed by atoms with Crippen LogP contribution < -0.4 is 4.90 Å². The molecule has 2 aromatic carbocycles. The summed E-state index contributed by atoms with van der Waals surface area (Å²) in [6, 6.07) is 11.5. The molecular weight excluding hydrogens is 503 g/mol. The molecule has 0 fully saturated rings. The van der Waals surface area contributed by atoms with Crippen molar-refractivity contribution in [3.8, 4) is 0 Å². The first kappa shape index (κ1) is 27.5. The van der Waals surface area contributed by atoms with Gasteiger partial charge in [-0.3, -0.25) is 9.69 Å². The Morgan fingerprint density at radius 3 is 2.24 bits per heavy atom. The molecule has 0 aliphatic heterocycles. The van der Waals surface area contributed by atoms with Gasteiger partial charge in [-0.2, -0.15) is 0 Å². The molecule has 7 nitrogen and oxygen atoms in total. The number of fused-ring (bicyclic) bond motifs is 1. The van der Waals surface area contributed by atoms with Gasteiger partial charge < -0.3 is 4.90 Å². The first-order valence-electron chi connectivity index (χ1n) is 10.3. The van der Waals surface area contributed by atoms with Crippen LogP contribution in [0.15, 0.2) is 47.4 Å². The maximum atomic E-state index is 13.5. The number of benzene rings is 2. The van der Waals surface area contributed by atoms with Crippen LogP contribution in [0, 0.1) is 0 Å². The summed E-state index contributed by atoms with van der Waals surface area (Å²) in [7, 11) is -0.613. The van der Waals surface area contributed by atoms with Gasteiger partial charge in [0.05, 0.1) is 15.1 Å². The molecule has 0 radical (unpaired) electrons. The summed E-state index contributed by atoms with van der Waals surface area (Å²) in [6.07, 6.45) is 0. The van der Waals surface area contributed by atoms with Crippen LogP contribution in [0.1, 0.15) is 24.2 Å². The van der Waals surface area contributed by atoms with Crippen LogP contribution in [0.4, 0.5) is 5.13 Å². The number of aromatic nitrogens is 1. The number of carbonyl (C=O) groups is 1. The molecule has 0 bridgehead atoms. The third kappa shape index (κ3) is 6.23. The highest BCUT2D eigenvalue weighted by Gasteiger charge is 2.23. The SMILES string of the molecule is CCN(CC)CCN(C(=O)c1ccc(S(=O)(=O)N(C)C)cc1)c1nc2ccc(Cl)cc2s1.Cl. The molecule has 33 heavy (non-hydrogen) atoms. The first-order valence-corrected chi connectivity index (χ1v) is 12.9. The summed E-state index contributed by atoms with van der Waals surface area (Å²) in [5.41, 5.74) is 1.18. The molecule has 3 aromatic rings. The van der Waals surface area contributed by atoms with E-state index in [1.807, 2.05) is 12.1 Å². The van der Waals surface area contributed by atoms with Crippen molar-refractivity contribution >= 4 is 66.6 Å². The molecule has 1 aromatic heterocycles. The van der Waals surface area contributed by atoms with E-state index in [0.717, 1.165) is 27.6 Å². The predicted octanol–water partition coefficient (Wildman–Crippen LogP) is 4.61. The summed E-state index contributed by atoms with van der Waals surface area (Å²) >= 11 is 7.53. The summed E-state index contributed by atoms with van der Waals surface area (Å²) in [5.74, 6) is -0.226. The average molecular weight is 532 g/mol. The molecule has 0 atom stereocenters. The molecule has 0 saturated carbocycles. The average Bonchev–Trinajstić information content (AvgIpc) is 3.19. The minimum Gasteiger partial charge on any atom is -0.302 e. The second-order valence-electron chi connectivity index (χ2n) is 7.40. The van der Waals surface area contributed by atoms with Crippen LogP contribution in [0.25, 0.3) is 10.2 Å². The largest absolute Gasteiger partial charge is 0.302 e. The Morgan fingerprint density at radius 2 is 1.67 bits per heavy atom. The van der Waals surface area contributed by atoms with Crippen molar-refractivity contribution in [1.82, 2.24) is 14.2 Å². The highest BCUT2D eigenvalue weighted by atomic mass is 35.5. The van der Waals surface area contributed by atoms with Gasteiger partial charge in [0.1, 0.15) is 0 Å². The number of hydrogen-bond acceptors (Lipinski definition) is 6. The zero-order valence-corrected chi connectivity index (χ0v) is 22.2. The van der Waals surface area contributed by atoms with Crippen molar-refractivity contribution in [3.63, 3.8) is 0 Å². The smallest absolute Gasteiger partial charge is 0.260 e. The van der Waals surface area contributed by atoms with Gasteiger partial charge in [0.15, 0.2) is 5.13 Å². The highest BCUT2D eigenvalue weighted by molar-refractivity contribution is 7.89. The van der Waals surface area contributed by atoms with Gasteiger partial charge in [-0.05, 0) is 55.6 Å². The molecule has 0 spiro atoms. The van der Waals surface area contributed by atoms with Gasteiger partial charge in [-0.15, -0.1) is 12.4 Å². The van der Waals surface area contributed by atoms with Crippen LogP contribution >= 0.6 is 35.3 Å². The minimum absolute atomic E-state index is 0. The summed E-state index contributed by atoms with van der Waals surface area (Å²) in [5, 5.41) is 1.20. The van der Waals surface area contributed by atoms with Crippen LogP contribution in [-0.2, 0) is 10.0 Å². The van der Waals surface area contributed by atoms with Gasteiger partial charge >= 0.3 is 0 Å². The first-order chi connectivity index (χ1) is 15.2. The number of nitrogens with zero attached hydrogens (tertiary/aromatic N) is 4. The molecular formula is C22H28Cl2N4O3S2. The van der Waals surface area contributed by atoms with Gasteiger partial charge in [0.2, 0.25) is 10.0 Å². The number of thiazole rings is 1. The second-order valence-corrected chi connectivity index (χ2v) is 11.0. The lowest BCUT2D eigenvalue weighted by atomic mass is 10.2. The fraction of sp³-hybridized carbons (Fsp3) is 0.364. The molecule has 1 heterocycles. The van der Waals surface area contributed by atoms with E-state index in [0.29, 0.717) is 28.8 Å². The van der Waals surface area contributed by atoms with Crippen molar-refractivity contribution in [2.45, 2.75) is 18.7 Å². The Morgan fingerprint density at radius 1 is 1.03 bits per heavy atom. The third-order valence-corrected chi connectivity index (χ3v) is 8.33. The fourth-order valence-corrected chi connectivity index (χ4v) is 5.37. The van der Waals surface area contributed by atoms with E-state index in [4.69, 9.17) is 11.6 Å². The Bertz CT molecular complexity index is 1190. The number of likely N-dealkylation sites (N-methyl/N-ethyl adjacent to an activating group) is 1. The third-order valence-electron chi connectivity index (χ3n) is 5.23. The zero-order valence-electron chi connectivity index (χ0n) is 19.0. The van der Waals surface area contributed by atoms with E-state index in [1.54, 1.807) is 23.1 Å². The van der Waals surface area contributed by atoms with E-state index in [-0.39, 0.29) is 23.2 Å². The Balaban J connectivity index is 0.00000385. The monoisotopic (exact) mass is 530 g/mol. The molecule has 0 aliphatic rings. The number of hydrogen-bond donors (Lipinski definition) is 0. The van der Waals surface area contributed by atoms with Gasteiger partial charge in [-0.25, -0.2) is 17.7 Å². The standard InChI is InChI=1S/C22H27ClN4O3S2.ClH/c1-5-26(6-2)13-14-27(22-24-19-12-9-17(23)15-20(19)31-22)21(28)16-7-10-18(11-8-16)32(29,30)25(3)4;/h7-12,15H,5-6,13-14H2,1-4H3;1H. The van der Waals surface area contributed by atoms with Crippen molar-refractivity contribution in [1.29, 1.82) is 0 Å². The normalized spacial score (nSPS) is 11.7. The molecule has 11 heteroatoms. The number of rotatable bonds is 9. The summed E-state index contributed by atoms with van der Waals surface area (Å²) in [4.78, 5) is 22.1. The number of amides is 1. The molecule has 0 unspecified atom stereocenters. The van der Waals surface area contributed by atoms with Crippen molar-refractivity contribution in [2.24, 2.45) is 0 Å². The van der Waals surface area contributed by atoms with Gasteiger partial charge in [0.25, 0.3) is 5.91 Å². The van der Waals surface area contributed by atoms with E-state index in [1.165, 1.54) is 37.6 Å². The molecule has 0 aliphatic carbocycles. The maximum absolute atomic E-state index is 13.5. The fourth-order valence-electron chi connectivity index (χ4n) is 3.20. The van der Waals surface area contributed by atoms with E-state index >= 15 is 0 Å². The van der Waals surface area contributed by atoms with Crippen LogP contribution in [0.5, 0.6) is 0 Å². The van der Waals surface area contributed by atoms with Crippen LogP contribution in [0.2, 0.25) is 5.02 Å². The lowest BCUT2D eigenvalue weighted by Gasteiger charge is -2.24.